The van der Waals surface area contributed by atoms with Gasteiger partial charge in [-0.2, -0.15) is 13.2 Å². The molecule has 1 aromatic rings. The van der Waals surface area contributed by atoms with Crippen molar-refractivity contribution in [3.05, 3.63) is 34.7 Å². The standard InChI is InChI=1S/C18H28F3N5O/c1-2-22-17(24-15-8-12-25(13-15)14-18(19,20)21)23-9-4-6-11-26-10-5-3-7-16(26)27/h3,5,7,10,15H,2,4,6,8-9,11-14H2,1H3,(H2,22,23,24). The number of aryl methyl sites for hydroxylation is 1. The molecule has 152 valence electrons. The van der Waals surface area contributed by atoms with Crippen LogP contribution in [0.25, 0.3) is 0 Å². The van der Waals surface area contributed by atoms with Crippen molar-refractivity contribution >= 4 is 5.96 Å². The third-order valence-electron chi connectivity index (χ3n) is 4.34. The summed E-state index contributed by atoms with van der Waals surface area (Å²) in [5.41, 5.74) is -0.0133. The average Bonchev–Trinajstić information content (AvgIpc) is 3.01. The van der Waals surface area contributed by atoms with E-state index < -0.39 is 12.7 Å². The van der Waals surface area contributed by atoms with Gasteiger partial charge in [0.1, 0.15) is 0 Å². The van der Waals surface area contributed by atoms with E-state index in [2.05, 4.69) is 15.6 Å². The Morgan fingerprint density at radius 1 is 1.33 bits per heavy atom. The van der Waals surface area contributed by atoms with Crippen molar-refractivity contribution in [2.45, 2.75) is 44.9 Å². The Kier molecular flexibility index (Phi) is 8.15. The fourth-order valence-electron chi connectivity index (χ4n) is 3.09. The van der Waals surface area contributed by atoms with Crippen LogP contribution in [0.4, 0.5) is 13.2 Å². The number of hydrogen-bond donors (Lipinski definition) is 2. The molecule has 0 bridgehead atoms. The fourth-order valence-corrected chi connectivity index (χ4v) is 3.09. The molecule has 0 spiro atoms. The number of nitrogens with one attached hydrogen (secondary N) is 2. The maximum atomic E-state index is 12.5. The first-order valence-electron chi connectivity index (χ1n) is 9.37. The van der Waals surface area contributed by atoms with Gasteiger partial charge in [-0.15, -0.1) is 0 Å². The summed E-state index contributed by atoms with van der Waals surface area (Å²) < 4.78 is 39.1. The minimum absolute atomic E-state index is 0.0133. The van der Waals surface area contributed by atoms with Gasteiger partial charge in [0.25, 0.3) is 0 Å². The molecule has 0 amide bonds. The van der Waals surface area contributed by atoms with E-state index in [4.69, 9.17) is 0 Å². The first kappa shape index (κ1) is 21.3. The topological polar surface area (TPSA) is 61.7 Å². The molecule has 0 aromatic carbocycles. The van der Waals surface area contributed by atoms with Gasteiger partial charge < -0.3 is 15.2 Å². The third-order valence-corrected chi connectivity index (χ3v) is 4.34. The van der Waals surface area contributed by atoms with Gasteiger partial charge in [-0.1, -0.05) is 6.07 Å². The van der Waals surface area contributed by atoms with E-state index in [1.165, 1.54) is 11.0 Å². The first-order valence-corrected chi connectivity index (χ1v) is 9.37. The zero-order chi connectivity index (χ0) is 19.7. The van der Waals surface area contributed by atoms with Crippen LogP contribution in [0.1, 0.15) is 26.2 Å². The normalized spacial score (nSPS) is 18.7. The number of hydrogen-bond acceptors (Lipinski definition) is 3. The summed E-state index contributed by atoms with van der Waals surface area (Å²) in [7, 11) is 0. The molecular weight excluding hydrogens is 359 g/mol. The highest BCUT2D eigenvalue weighted by Gasteiger charge is 2.34. The van der Waals surface area contributed by atoms with Crippen LogP contribution in [-0.2, 0) is 6.54 Å². The number of alkyl halides is 3. The summed E-state index contributed by atoms with van der Waals surface area (Å²) in [5, 5.41) is 6.36. The maximum Gasteiger partial charge on any atom is 0.401 e. The van der Waals surface area contributed by atoms with Crippen LogP contribution in [-0.4, -0.2) is 60.4 Å². The molecule has 0 radical (unpaired) electrons. The molecule has 1 aliphatic heterocycles. The number of nitrogens with zero attached hydrogens (tertiary/aromatic N) is 3. The molecular formula is C18H28F3N5O. The Labute approximate surface area is 157 Å². The Balaban J connectivity index is 1.74. The summed E-state index contributed by atoms with van der Waals surface area (Å²) in [6.45, 7) is 3.80. The highest BCUT2D eigenvalue weighted by molar-refractivity contribution is 5.80. The van der Waals surface area contributed by atoms with E-state index in [0.29, 0.717) is 45.1 Å². The number of guanidine groups is 1. The molecule has 1 saturated heterocycles. The Morgan fingerprint density at radius 2 is 2.15 bits per heavy atom. The molecule has 1 atom stereocenters. The molecule has 2 heterocycles. The van der Waals surface area contributed by atoms with Crippen molar-refractivity contribution in [3.8, 4) is 0 Å². The predicted octanol–water partition coefficient (Wildman–Crippen LogP) is 1.82. The molecule has 0 aliphatic carbocycles. The smallest absolute Gasteiger partial charge is 0.357 e. The van der Waals surface area contributed by atoms with Gasteiger partial charge in [0.05, 0.1) is 6.54 Å². The molecule has 1 aliphatic rings. The Bertz CT molecular complexity index is 659. The number of rotatable bonds is 8. The SMILES string of the molecule is CCNC(=NCCCCn1ccccc1=O)NC1CCN(CC(F)(F)F)C1. The van der Waals surface area contributed by atoms with Crippen molar-refractivity contribution < 1.29 is 13.2 Å². The van der Waals surface area contributed by atoms with Crippen LogP contribution >= 0.6 is 0 Å². The summed E-state index contributed by atoms with van der Waals surface area (Å²) in [4.78, 5) is 17.5. The van der Waals surface area contributed by atoms with E-state index in [-0.39, 0.29) is 11.6 Å². The lowest BCUT2D eigenvalue weighted by Gasteiger charge is -2.19. The first-order chi connectivity index (χ1) is 12.9. The second kappa shape index (κ2) is 10.3. The summed E-state index contributed by atoms with van der Waals surface area (Å²) in [6, 6.07) is 5.05. The Morgan fingerprint density at radius 3 is 2.85 bits per heavy atom. The van der Waals surface area contributed by atoms with Gasteiger partial charge in [-0.25, -0.2) is 0 Å². The fraction of sp³-hybridized carbons (Fsp3) is 0.667. The van der Waals surface area contributed by atoms with Crippen molar-refractivity contribution in [1.82, 2.24) is 20.1 Å². The van der Waals surface area contributed by atoms with E-state index >= 15 is 0 Å². The van der Waals surface area contributed by atoms with Crippen LogP contribution in [0.15, 0.2) is 34.2 Å². The minimum Gasteiger partial charge on any atom is -0.357 e. The molecule has 1 fully saturated rings. The lowest BCUT2D eigenvalue weighted by Crippen LogP contribution is -2.45. The van der Waals surface area contributed by atoms with Crippen LogP contribution in [0.3, 0.4) is 0 Å². The van der Waals surface area contributed by atoms with Crippen LogP contribution in [0.2, 0.25) is 0 Å². The number of pyridine rings is 1. The molecule has 1 unspecified atom stereocenters. The van der Waals surface area contributed by atoms with E-state index in [0.717, 1.165) is 12.8 Å². The highest BCUT2D eigenvalue weighted by Crippen LogP contribution is 2.19. The average molecular weight is 387 g/mol. The quantitative estimate of drug-likeness (QED) is 0.406. The third kappa shape index (κ3) is 8.03. The monoisotopic (exact) mass is 387 g/mol. The summed E-state index contributed by atoms with van der Waals surface area (Å²) in [5.74, 6) is 0.633. The second-order valence-electron chi connectivity index (χ2n) is 6.68. The van der Waals surface area contributed by atoms with Crippen molar-refractivity contribution in [2.24, 2.45) is 4.99 Å². The highest BCUT2D eigenvalue weighted by atomic mass is 19.4. The predicted molar refractivity (Wildman–Crippen MR) is 100.0 cm³/mol. The van der Waals surface area contributed by atoms with Crippen LogP contribution in [0.5, 0.6) is 0 Å². The number of aliphatic imine (C=N–C) groups is 1. The zero-order valence-corrected chi connectivity index (χ0v) is 15.6. The van der Waals surface area contributed by atoms with E-state index in [1.807, 2.05) is 13.0 Å². The number of unbranched alkanes of at least 4 members (excludes halogenated alkanes) is 1. The molecule has 9 heteroatoms. The van der Waals surface area contributed by atoms with Gasteiger partial charge in [0.15, 0.2) is 5.96 Å². The number of halogens is 3. The zero-order valence-electron chi connectivity index (χ0n) is 15.6. The van der Waals surface area contributed by atoms with Gasteiger partial charge in [-0.3, -0.25) is 14.7 Å². The summed E-state index contributed by atoms with van der Waals surface area (Å²) >= 11 is 0. The van der Waals surface area contributed by atoms with Crippen molar-refractivity contribution in [1.29, 1.82) is 0 Å². The van der Waals surface area contributed by atoms with Gasteiger partial charge in [0, 0.05) is 51.0 Å². The molecule has 1 aromatic heterocycles. The molecule has 27 heavy (non-hydrogen) atoms. The summed E-state index contributed by atoms with van der Waals surface area (Å²) in [6.07, 6.45) is -0.0754. The van der Waals surface area contributed by atoms with Crippen LogP contribution in [0, 0.1) is 0 Å². The number of aromatic nitrogens is 1. The van der Waals surface area contributed by atoms with E-state index in [1.54, 1.807) is 16.8 Å². The van der Waals surface area contributed by atoms with Gasteiger partial charge in [0.2, 0.25) is 5.56 Å². The van der Waals surface area contributed by atoms with E-state index in [9.17, 15) is 18.0 Å². The largest absolute Gasteiger partial charge is 0.401 e. The lowest BCUT2D eigenvalue weighted by molar-refractivity contribution is -0.143. The van der Waals surface area contributed by atoms with Crippen molar-refractivity contribution in [2.75, 3.05) is 32.7 Å². The molecule has 0 saturated carbocycles. The lowest BCUT2D eigenvalue weighted by atomic mass is 10.3. The Hall–Kier alpha value is -2.03. The maximum absolute atomic E-state index is 12.5. The molecule has 6 nitrogen and oxygen atoms in total. The second-order valence-corrected chi connectivity index (χ2v) is 6.68. The minimum atomic E-state index is -4.16. The molecule has 2 N–H and O–H groups in total. The van der Waals surface area contributed by atoms with Crippen LogP contribution < -0.4 is 16.2 Å². The van der Waals surface area contributed by atoms with Crippen molar-refractivity contribution in [3.63, 3.8) is 0 Å². The van der Waals surface area contributed by atoms with Gasteiger partial charge >= 0.3 is 6.18 Å². The number of likely N-dealkylation sites (tertiary alicyclic amines) is 1. The molecule has 2 rings (SSSR count). The van der Waals surface area contributed by atoms with Gasteiger partial charge in [-0.05, 0) is 32.3 Å².